The standard InChI is InChI=1S/C16H20N2O/c19-15-9-12-5-6-13-11-4-2-1-3-10(7-11)8-14(13)16(12)18-17-15/h7,9,11,13-14H,1-6,8H2,(H,17,19)/t11-,13?,14?/m0/s1. The normalized spacial score (nSPS) is 32.8. The minimum atomic E-state index is -0.0513. The summed E-state index contributed by atoms with van der Waals surface area (Å²) in [6.07, 6.45) is 11.4. The zero-order valence-electron chi connectivity index (χ0n) is 11.2. The first kappa shape index (κ1) is 11.4. The number of hydrogen-bond acceptors (Lipinski definition) is 2. The van der Waals surface area contributed by atoms with E-state index in [0.717, 1.165) is 18.3 Å². The van der Waals surface area contributed by atoms with Gasteiger partial charge in [0.05, 0.1) is 5.69 Å². The SMILES string of the molecule is O=c1cc2c(n[nH]1)C1CC3=C[C@H](CCCC3)C1CC2. The summed E-state index contributed by atoms with van der Waals surface area (Å²) in [6, 6.07) is 1.77. The number of H-pyrrole nitrogens is 1. The van der Waals surface area contributed by atoms with Gasteiger partial charge in [-0.1, -0.05) is 18.1 Å². The Kier molecular flexibility index (Phi) is 2.61. The summed E-state index contributed by atoms with van der Waals surface area (Å²) in [5, 5.41) is 7.05. The molecule has 1 aromatic rings. The predicted octanol–water partition coefficient (Wildman–Crippen LogP) is 2.94. The fourth-order valence-electron chi connectivity index (χ4n) is 4.45. The quantitative estimate of drug-likeness (QED) is 0.725. The van der Waals surface area contributed by atoms with Gasteiger partial charge in [0, 0.05) is 12.0 Å². The van der Waals surface area contributed by atoms with Gasteiger partial charge < -0.3 is 0 Å². The van der Waals surface area contributed by atoms with Gasteiger partial charge in [0.1, 0.15) is 0 Å². The van der Waals surface area contributed by atoms with Gasteiger partial charge >= 0.3 is 0 Å². The van der Waals surface area contributed by atoms with Crippen molar-refractivity contribution in [2.24, 2.45) is 11.8 Å². The average Bonchev–Trinajstić information content (AvgIpc) is 2.61. The maximum Gasteiger partial charge on any atom is 0.264 e. The number of aromatic amines is 1. The van der Waals surface area contributed by atoms with Crippen molar-refractivity contribution in [3.8, 4) is 0 Å². The maximum absolute atomic E-state index is 11.4. The molecule has 0 saturated carbocycles. The second kappa shape index (κ2) is 4.32. The van der Waals surface area contributed by atoms with E-state index in [9.17, 15) is 4.79 Å². The number of aromatic nitrogens is 2. The third-order valence-corrected chi connectivity index (χ3v) is 5.30. The smallest absolute Gasteiger partial charge is 0.264 e. The molecule has 1 aromatic heterocycles. The first-order valence-corrected chi connectivity index (χ1v) is 7.59. The molecule has 3 atom stereocenters. The van der Waals surface area contributed by atoms with E-state index in [4.69, 9.17) is 0 Å². The molecule has 1 N–H and O–H groups in total. The molecule has 0 spiro atoms. The largest absolute Gasteiger partial charge is 0.268 e. The van der Waals surface area contributed by atoms with Gasteiger partial charge in [0.15, 0.2) is 0 Å². The lowest BCUT2D eigenvalue weighted by molar-refractivity contribution is 0.256. The highest BCUT2D eigenvalue weighted by molar-refractivity contribution is 5.30. The fourth-order valence-corrected chi connectivity index (χ4v) is 4.45. The molecule has 2 unspecified atom stereocenters. The topological polar surface area (TPSA) is 45.8 Å². The van der Waals surface area contributed by atoms with E-state index in [2.05, 4.69) is 16.3 Å². The number of allylic oxidation sites excluding steroid dienone is 2. The van der Waals surface area contributed by atoms with Crippen LogP contribution in [-0.4, -0.2) is 10.2 Å². The van der Waals surface area contributed by atoms with Crippen LogP contribution in [0.1, 0.15) is 55.7 Å². The van der Waals surface area contributed by atoms with Crippen LogP contribution in [0.4, 0.5) is 0 Å². The van der Waals surface area contributed by atoms with E-state index in [0.29, 0.717) is 5.92 Å². The van der Waals surface area contributed by atoms with Gasteiger partial charge in [-0.2, -0.15) is 5.10 Å². The van der Waals surface area contributed by atoms with Crippen LogP contribution in [0, 0.1) is 11.8 Å². The molecule has 4 rings (SSSR count). The third kappa shape index (κ3) is 1.87. The van der Waals surface area contributed by atoms with E-state index in [-0.39, 0.29) is 5.56 Å². The Morgan fingerprint density at radius 1 is 1.21 bits per heavy atom. The fraction of sp³-hybridized carbons (Fsp3) is 0.625. The molecule has 1 heterocycles. The summed E-state index contributed by atoms with van der Waals surface area (Å²) in [4.78, 5) is 11.4. The Morgan fingerprint density at radius 3 is 3.11 bits per heavy atom. The van der Waals surface area contributed by atoms with Crippen molar-refractivity contribution in [2.75, 3.05) is 0 Å². The van der Waals surface area contributed by atoms with Crippen molar-refractivity contribution in [3.05, 3.63) is 39.3 Å². The number of nitrogens with one attached hydrogen (secondary N) is 1. The van der Waals surface area contributed by atoms with Crippen LogP contribution < -0.4 is 5.56 Å². The monoisotopic (exact) mass is 256 g/mol. The third-order valence-electron chi connectivity index (χ3n) is 5.30. The van der Waals surface area contributed by atoms with Crippen LogP contribution in [-0.2, 0) is 6.42 Å². The van der Waals surface area contributed by atoms with Crippen LogP contribution >= 0.6 is 0 Å². The zero-order chi connectivity index (χ0) is 12.8. The molecular formula is C16H20N2O. The first-order chi connectivity index (χ1) is 9.31. The molecule has 0 radical (unpaired) electrons. The van der Waals surface area contributed by atoms with Gasteiger partial charge in [-0.3, -0.25) is 4.79 Å². The molecule has 2 bridgehead atoms. The van der Waals surface area contributed by atoms with Crippen molar-refractivity contribution in [1.29, 1.82) is 0 Å². The van der Waals surface area contributed by atoms with Crippen molar-refractivity contribution in [1.82, 2.24) is 10.2 Å². The number of aryl methyl sites for hydroxylation is 1. The highest BCUT2D eigenvalue weighted by Gasteiger charge is 2.39. The highest BCUT2D eigenvalue weighted by atomic mass is 16.1. The summed E-state index contributed by atoms with van der Waals surface area (Å²) in [5.74, 6) is 2.08. The predicted molar refractivity (Wildman–Crippen MR) is 74.1 cm³/mol. The van der Waals surface area contributed by atoms with Crippen LogP contribution in [0.15, 0.2) is 22.5 Å². The molecule has 3 aliphatic carbocycles. The van der Waals surface area contributed by atoms with Crippen LogP contribution in [0.25, 0.3) is 0 Å². The molecule has 3 nitrogen and oxygen atoms in total. The Morgan fingerprint density at radius 2 is 2.16 bits per heavy atom. The minimum Gasteiger partial charge on any atom is -0.268 e. The minimum absolute atomic E-state index is 0.0513. The van der Waals surface area contributed by atoms with Gasteiger partial charge in [0.25, 0.3) is 5.56 Å². The van der Waals surface area contributed by atoms with E-state index in [1.165, 1.54) is 49.8 Å². The number of rotatable bonds is 0. The molecule has 3 aliphatic rings. The molecular weight excluding hydrogens is 236 g/mol. The van der Waals surface area contributed by atoms with Gasteiger partial charge in [0.2, 0.25) is 0 Å². The van der Waals surface area contributed by atoms with E-state index < -0.39 is 0 Å². The lowest BCUT2D eigenvalue weighted by Gasteiger charge is -2.39. The lowest BCUT2D eigenvalue weighted by atomic mass is 9.65. The maximum atomic E-state index is 11.4. The Bertz CT molecular complexity index is 587. The molecule has 19 heavy (non-hydrogen) atoms. The van der Waals surface area contributed by atoms with Crippen LogP contribution in [0.3, 0.4) is 0 Å². The van der Waals surface area contributed by atoms with E-state index in [1.54, 1.807) is 11.6 Å². The molecule has 3 heteroatoms. The summed E-state index contributed by atoms with van der Waals surface area (Å²) in [7, 11) is 0. The van der Waals surface area contributed by atoms with Crippen molar-refractivity contribution in [3.63, 3.8) is 0 Å². The van der Waals surface area contributed by atoms with Crippen LogP contribution in [0.5, 0.6) is 0 Å². The van der Waals surface area contributed by atoms with Gasteiger partial charge in [-0.15, -0.1) is 0 Å². The summed E-state index contributed by atoms with van der Waals surface area (Å²) < 4.78 is 0. The Labute approximate surface area is 113 Å². The Hall–Kier alpha value is -1.38. The van der Waals surface area contributed by atoms with Crippen molar-refractivity contribution < 1.29 is 0 Å². The number of hydrogen-bond donors (Lipinski definition) is 1. The van der Waals surface area contributed by atoms with Crippen LogP contribution in [0.2, 0.25) is 0 Å². The lowest BCUT2D eigenvalue weighted by Crippen LogP contribution is -2.32. The van der Waals surface area contributed by atoms with Gasteiger partial charge in [-0.05, 0) is 55.9 Å². The van der Waals surface area contributed by atoms with Gasteiger partial charge in [-0.25, -0.2) is 5.10 Å². The zero-order valence-corrected chi connectivity index (χ0v) is 11.2. The molecule has 0 fully saturated rings. The molecule has 0 aliphatic heterocycles. The van der Waals surface area contributed by atoms with E-state index >= 15 is 0 Å². The van der Waals surface area contributed by atoms with Crippen molar-refractivity contribution in [2.45, 2.75) is 50.9 Å². The summed E-state index contributed by atoms with van der Waals surface area (Å²) >= 11 is 0. The summed E-state index contributed by atoms with van der Waals surface area (Å²) in [5.41, 5.74) is 3.98. The highest BCUT2D eigenvalue weighted by Crippen LogP contribution is 2.49. The average molecular weight is 256 g/mol. The van der Waals surface area contributed by atoms with Crippen molar-refractivity contribution >= 4 is 0 Å². The second-order valence-corrected chi connectivity index (χ2v) is 6.39. The number of fused-ring (bicyclic) bond motifs is 5. The number of nitrogens with zero attached hydrogens (tertiary/aromatic N) is 1. The van der Waals surface area contributed by atoms with E-state index in [1.807, 2.05) is 0 Å². The summed E-state index contributed by atoms with van der Waals surface area (Å²) in [6.45, 7) is 0. The Balaban J connectivity index is 1.77. The molecule has 0 saturated heterocycles. The first-order valence-electron chi connectivity index (χ1n) is 7.59. The molecule has 0 aromatic carbocycles. The second-order valence-electron chi connectivity index (χ2n) is 6.39. The molecule has 100 valence electrons. The molecule has 0 amide bonds.